The molecule has 0 bridgehead atoms. The largest absolute Gasteiger partial charge is 0.326 e. The van der Waals surface area contributed by atoms with Gasteiger partial charge in [0.25, 0.3) is 5.69 Å². The molecule has 0 spiro atoms. The van der Waals surface area contributed by atoms with Crippen molar-refractivity contribution in [1.82, 2.24) is 4.31 Å². The van der Waals surface area contributed by atoms with Crippen molar-refractivity contribution in [2.75, 3.05) is 13.1 Å². The van der Waals surface area contributed by atoms with Crippen LogP contribution in [0.1, 0.15) is 17.0 Å². The molecule has 3 rings (SSSR count). The normalized spacial score (nSPS) is 20.5. The van der Waals surface area contributed by atoms with Crippen LogP contribution in [0.5, 0.6) is 0 Å². The highest BCUT2D eigenvalue weighted by atomic mass is 35.5. The Labute approximate surface area is 158 Å². The van der Waals surface area contributed by atoms with Crippen LogP contribution in [0.4, 0.5) is 5.69 Å². The van der Waals surface area contributed by atoms with Crippen LogP contribution in [-0.4, -0.2) is 36.8 Å². The molecule has 2 atom stereocenters. The van der Waals surface area contributed by atoms with Crippen molar-refractivity contribution >= 4 is 28.1 Å². The Morgan fingerprint density at radius 2 is 1.81 bits per heavy atom. The van der Waals surface area contributed by atoms with Gasteiger partial charge in [-0.2, -0.15) is 4.31 Å². The van der Waals surface area contributed by atoms with Crippen molar-refractivity contribution in [2.45, 2.75) is 23.8 Å². The third-order valence-electron chi connectivity index (χ3n) is 4.55. The van der Waals surface area contributed by atoms with E-state index >= 15 is 0 Å². The molecule has 0 saturated carbocycles. The molecule has 26 heavy (non-hydrogen) atoms. The molecule has 1 saturated heterocycles. The predicted octanol–water partition coefficient (Wildman–Crippen LogP) is 2.44. The van der Waals surface area contributed by atoms with E-state index in [1.54, 1.807) is 6.92 Å². The lowest BCUT2D eigenvalue weighted by Crippen LogP contribution is -2.32. The van der Waals surface area contributed by atoms with E-state index in [1.807, 2.05) is 30.3 Å². The monoisotopic (exact) mass is 397 g/mol. The molecule has 0 radical (unpaired) electrons. The van der Waals surface area contributed by atoms with Gasteiger partial charge in [0.1, 0.15) is 0 Å². The van der Waals surface area contributed by atoms with E-state index in [1.165, 1.54) is 22.5 Å². The number of nitrogens with two attached hydrogens (primary N) is 1. The third kappa shape index (κ3) is 3.73. The van der Waals surface area contributed by atoms with Crippen LogP contribution in [0, 0.1) is 17.0 Å². The molecule has 140 valence electrons. The number of hydrogen-bond acceptors (Lipinski definition) is 5. The summed E-state index contributed by atoms with van der Waals surface area (Å²) in [6.07, 6.45) is 0. The van der Waals surface area contributed by atoms with Crippen molar-refractivity contribution in [1.29, 1.82) is 0 Å². The van der Waals surface area contributed by atoms with Crippen molar-refractivity contribution in [3.63, 3.8) is 0 Å². The summed E-state index contributed by atoms with van der Waals surface area (Å²) in [4.78, 5) is 10.4. The summed E-state index contributed by atoms with van der Waals surface area (Å²) in [5.74, 6) is -0.0747. The lowest BCUT2D eigenvalue weighted by Gasteiger charge is -2.18. The Hall–Kier alpha value is -2.00. The maximum Gasteiger partial charge on any atom is 0.269 e. The standard InChI is InChI=1S/C17H19N3O4S.ClH/c1-12-9-14(20(21)22)7-8-17(12)25(23,24)19-10-15(16(18)11-19)13-5-3-2-4-6-13;/h2-9,15-16H,10-11,18H2,1H3;1H/t15-,16+;/m0./s1. The van der Waals surface area contributed by atoms with Crippen molar-refractivity contribution in [3.05, 3.63) is 69.8 Å². The first-order chi connectivity index (χ1) is 11.8. The molecular weight excluding hydrogens is 378 g/mol. The van der Waals surface area contributed by atoms with Gasteiger partial charge in [-0.3, -0.25) is 10.1 Å². The number of nitrogens with zero attached hydrogens (tertiary/aromatic N) is 2. The second-order valence-electron chi connectivity index (χ2n) is 6.21. The number of benzene rings is 2. The maximum absolute atomic E-state index is 13.0. The molecule has 0 unspecified atom stereocenters. The minimum absolute atomic E-state index is 0. The predicted molar refractivity (Wildman–Crippen MR) is 101 cm³/mol. The van der Waals surface area contributed by atoms with Crippen LogP contribution >= 0.6 is 12.4 Å². The van der Waals surface area contributed by atoms with Gasteiger partial charge in [-0.15, -0.1) is 12.4 Å². The molecule has 1 fully saturated rings. The lowest BCUT2D eigenvalue weighted by atomic mass is 9.95. The molecule has 1 aliphatic rings. The Kier molecular flexibility index (Phi) is 6.02. The van der Waals surface area contributed by atoms with Crippen LogP contribution in [0.25, 0.3) is 0 Å². The quantitative estimate of drug-likeness (QED) is 0.629. The molecule has 0 aliphatic carbocycles. The number of aryl methyl sites for hydroxylation is 1. The number of nitro groups is 1. The van der Waals surface area contributed by atoms with E-state index in [-0.39, 0.29) is 41.5 Å². The Morgan fingerprint density at radius 1 is 1.15 bits per heavy atom. The molecule has 1 heterocycles. The highest BCUT2D eigenvalue weighted by molar-refractivity contribution is 7.89. The van der Waals surface area contributed by atoms with E-state index in [4.69, 9.17) is 5.73 Å². The Balaban J connectivity index is 0.00000243. The number of non-ortho nitro benzene ring substituents is 1. The van der Waals surface area contributed by atoms with Gasteiger partial charge in [-0.25, -0.2) is 8.42 Å². The zero-order valence-electron chi connectivity index (χ0n) is 14.1. The van der Waals surface area contributed by atoms with Crippen molar-refractivity contribution in [2.24, 2.45) is 5.73 Å². The fourth-order valence-corrected chi connectivity index (χ4v) is 4.93. The van der Waals surface area contributed by atoms with Gasteiger partial charge < -0.3 is 5.73 Å². The summed E-state index contributed by atoms with van der Waals surface area (Å²) in [7, 11) is -3.75. The SMILES string of the molecule is Cc1cc([N+](=O)[O-])ccc1S(=O)(=O)N1C[C@@H](N)[C@H](c2ccccc2)C1.Cl. The molecular formula is C17H20ClN3O4S. The van der Waals surface area contributed by atoms with Crippen molar-refractivity contribution in [3.8, 4) is 0 Å². The van der Waals surface area contributed by atoms with Crippen LogP contribution in [0.3, 0.4) is 0 Å². The number of hydrogen-bond donors (Lipinski definition) is 1. The average molecular weight is 398 g/mol. The van der Waals surface area contributed by atoms with Gasteiger partial charge in [0.2, 0.25) is 10.0 Å². The fourth-order valence-electron chi connectivity index (χ4n) is 3.22. The Bertz CT molecular complexity index is 905. The summed E-state index contributed by atoms with van der Waals surface area (Å²) < 4.78 is 27.3. The summed E-state index contributed by atoms with van der Waals surface area (Å²) in [5.41, 5.74) is 7.41. The van der Waals surface area contributed by atoms with Crippen LogP contribution in [0.2, 0.25) is 0 Å². The molecule has 1 aliphatic heterocycles. The van der Waals surface area contributed by atoms with Gasteiger partial charge in [-0.1, -0.05) is 30.3 Å². The van der Waals surface area contributed by atoms with Gasteiger partial charge in [-0.05, 0) is 24.1 Å². The molecule has 9 heteroatoms. The minimum atomic E-state index is -3.75. The first-order valence-electron chi connectivity index (χ1n) is 7.86. The number of sulfonamides is 1. The van der Waals surface area contributed by atoms with Crippen LogP contribution in [-0.2, 0) is 10.0 Å². The molecule has 0 aromatic heterocycles. The number of nitro benzene ring substituents is 1. The van der Waals surface area contributed by atoms with Crippen LogP contribution < -0.4 is 5.73 Å². The van der Waals surface area contributed by atoms with E-state index in [0.29, 0.717) is 12.1 Å². The van der Waals surface area contributed by atoms with E-state index < -0.39 is 14.9 Å². The Morgan fingerprint density at radius 3 is 2.38 bits per heavy atom. The summed E-state index contributed by atoms with van der Waals surface area (Å²) in [6, 6.07) is 13.1. The minimum Gasteiger partial charge on any atom is -0.326 e. The molecule has 2 aromatic carbocycles. The van der Waals surface area contributed by atoms with Gasteiger partial charge in [0.05, 0.1) is 9.82 Å². The molecule has 7 nitrogen and oxygen atoms in total. The second kappa shape index (κ2) is 7.71. The maximum atomic E-state index is 13.0. The van der Waals surface area contributed by atoms with Crippen molar-refractivity contribution < 1.29 is 13.3 Å². The highest BCUT2D eigenvalue weighted by Crippen LogP contribution is 2.32. The van der Waals surface area contributed by atoms with Crippen LogP contribution in [0.15, 0.2) is 53.4 Å². The fraction of sp³-hybridized carbons (Fsp3) is 0.294. The van der Waals surface area contributed by atoms with E-state index in [2.05, 4.69) is 0 Å². The first-order valence-corrected chi connectivity index (χ1v) is 9.30. The van der Waals surface area contributed by atoms with E-state index in [0.717, 1.165) is 5.56 Å². The lowest BCUT2D eigenvalue weighted by molar-refractivity contribution is -0.385. The summed E-state index contributed by atoms with van der Waals surface area (Å²) >= 11 is 0. The molecule has 2 N–H and O–H groups in total. The van der Waals surface area contributed by atoms with Gasteiger partial charge in [0.15, 0.2) is 0 Å². The van der Waals surface area contributed by atoms with Gasteiger partial charge >= 0.3 is 0 Å². The molecule has 2 aromatic rings. The topological polar surface area (TPSA) is 107 Å². The number of halogens is 1. The second-order valence-corrected chi connectivity index (χ2v) is 8.12. The van der Waals surface area contributed by atoms with Gasteiger partial charge in [0, 0.05) is 37.2 Å². The average Bonchev–Trinajstić information content (AvgIpc) is 2.98. The number of rotatable bonds is 4. The summed E-state index contributed by atoms with van der Waals surface area (Å²) in [6.45, 7) is 2.08. The third-order valence-corrected chi connectivity index (χ3v) is 6.54. The van der Waals surface area contributed by atoms with E-state index in [9.17, 15) is 18.5 Å². The molecule has 0 amide bonds. The zero-order valence-corrected chi connectivity index (χ0v) is 15.7. The highest BCUT2D eigenvalue weighted by Gasteiger charge is 2.38. The first kappa shape index (κ1) is 20.3. The summed E-state index contributed by atoms with van der Waals surface area (Å²) in [5, 5.41) is 10.8. The zero-order chi connectivity index (χ0) is 18.2. The smallest absolute Gasteiger partial charge is 0.269 e.